The highest BCUT2D eigenvalue weighted by Crippen LogP contribution is 2.14. The Labute approximate surface area is 113 Å². The standard InChI is InChI=1S/C14H21N5/c1-3-4-9-16-14(15)17-10-13-18-11-7-5-6-8-12(11)19(13)2/h5-8H,3-4,9-10H2,1-2H3,(H3,15,16,17). The van der Waals surface area contributed by atoms with Crippen LogP contribution in [0.1, 0.15) is 25.6 Å². The van der Waals surface area contributed by atoms with Gasteiger partial charge in [0.15, 0.2) is 5.96 Å². The number of hydrogen-bond acceptors (Lipinski definition) is 2. The van der Waals surface area contributed by atoms with Crippen molar-refractivity contribution >= 4 is 17.0 Å². The van der Waals surface area contributed by atoms with Crippen LogP contribution in [0.25, 0.3) is 11.0 Å². The Bertz CT molecular complexity index is 570. The zero-order chi connectivity index (χ0) is 13.7. The molecule has 2 rings (SSSR count). The number of aliphatic imine (C=N–C) groups is 1. The molecule has 0 unspecified atom stereocenters. The van der Waals surface area contributed by atoms with E-state index in [9.17, 15) is 0 Å². The minimum absolute atomic E-state index is 0.487. The van der Waals surface area contributed by atoms with Gasteiger partial charge < -0.3 is 15.6 Å². The normalized spacial score (nSPS) is 12.0. The Hall–Kier alpha value is -2.04. The number of nitrogens with one attached hydrogen (secondary N) is 1. The lowest BCUT2D eigenvalue weighted by Gasteiger charge is -2.04. The van der Waals surface area contributed by atoms with E-state index in [4.69, 9.17) is 5.73 Å². The maximum atomic E-state index is 5.81. The molecular formula is C14H21N5. The Balaban J connectivity index is 2.05. The van der Waals surface area contributed by atoms with Gasteiger partial charge in [-0.1, -0.05) is 25.5 Å². The summed E-state index contributed by atoms with van der Waals surface area (Å²) in [5.74, 6) is 1.40. The van der Waals surface area contributed by atoms with Crippen molar-refractivity contribution in [3.05, 3.63) is 30.1 Å². The van der Waals surface area contributed by atoms with Crippen LogP contribution in [0.4, 0.5) is 0 Å². The largest absolute Gasteiger partial charge is 0.370 e. The van der Waals surface area contributed by atoms with Gasteiger partial charge in [-0.25, -0.2) is 9.98 Å². The number of unbranched alkanes of at least 4 members (excludes halogenated alkanes) is 1. The number of nitrogens with two attached hydrogens (primary N) is 1. The molecule has 19 heavy (non-hydrogen) atoms. The third kappa shape index (κ3) is 3.24. The van der Waals surface area contributed by atoms with Gasteiger partial charge >= 0.3 is 0 Å². The molecule has 1 aromatic heterocycles. The summed E-state index contributed by atoms with van der Waals surface area (Å²) in [5.41, 5.74) is 7.92. The zero-order valence-corrected chi connectivity index (χ0v) is 11.6. The van der Waals surface area contributed by atoms with Gasteiger partial charge in [0.1, 0.15) is 12.4 Å². The molecule has 0 saturated heterocycles. The van der Waals surface area contributed by atoms with E-state index in [0.29, 0.717) is 12.5 Å². The van der Waals surface area contributed by atoms with Gasteiger partial charge in [-0.05, 0) is 18.6 Å². The maximum absolute atomic E-state index is 5.81. The number of imidazole rings is 1. The summed E-state index contributed by atoms with van der Waals surface area (Å²) in [6.45, 7) is 3.51. The number of para-hydroxylation sites is 2. The number of aryl methyl sites for hydroxylation is 1. The van der Waals surface area contributed by atoms with E-state index in [1.165, 1.54) is 0 Å². The predicted octanol–water partition coefficient (Wildman–Crippen LogP) is 1.78. The zero-order valence-electron chi connectivity index (χ0n) is 11.6. The van der Waals surface area contributed by atoms with E-state index < -0.39 is 0 Å². The van der Waals surface area contributed by atoms with E-state index in [1.807, 2.05) is 25.2 Å². The second kappa shape index (κ2) is 6.22. The van der Waals surface area contributed by atoms with Gasteiger partial charge in [0.05, 0.1) is 11.0 Å². The van der Waals surface area contributed by atoms with Crippen LogP contribution in [-0.4, -0.2) is 22.1 Å². The summed E-state index contributed by atoms with van der Waals surface area (Å²) < 4.78 is 2.05. The van der Waals surface area contributed by atoms with Crippen LogP contribution in [-0.2, 0) is 13.6 Å². The highest BCUT2D eigenvalue weighted by Gasteiger charge is 2.05. The van der Waals surface area contributed by atoms with Crippen molar-refractivity contribution in [2.45, 2.75) is 26.3 Å². The molecule has 0 aliphatic carbocycles. The van der Waals surface area contributed by atoms with Crippen molar-refractivity contribution in [3.8, 4) is 0 Å². The van der Waals surface area contributed by atoms with Crippen LogP contribution >= 0.6 is 0 Å². The van der Waals surface area contributed by atoms with E-state index in [-0.39, 0.29) is 0 Å². The van der Waals surface area contributed by atoms with Gasteiger partial charge in [-0.3, -0.25) is 0 Å². The molecule has 0 aliphatic heterocycles. The van der Waals surface area contributed by atoms with Crippen molar-refractivity contribution in [2.24, 2.45) is 17.8 Å². The monoisotopic (exact) mass is 259 g/mol. The molecule has 0 radical (unpaired) electrons. The minimum atomic E-state index is 0.487. The molecule has 0 atom stereocenters. The molecule has 0 spiro atoms. The molecule has 5 nitrogen and oxygen atoms in total. The summed E-state index contributed by atoms with van der Waals surface area (Å²) in [6, 6.07) is 8.06. The highest BCUT2D eigenvalue weighted by atomic mass is 15.1. The summed E-state index contributed by atoms with van der Waals surface area (Å²) in [7, 11) is 2.00. The third-order valence-electron chi connectivity index (χ3n) is 3.11. The molecule has 1 aromatic carbocycles. The quantitative estimate of drug-likeness (QED) is 0.488. The van der Waals surface area contributed by atoms with Crippen LogP contribution in [0.5, 0.6) is 0 Å². The fourth-order valence-electron chi connectivity index (χ4n) is 1.94. The Morgan fingerprint density at radius 2 is 2.21 bits per heavy atom. The molecule has 0 fully saturated rings. The van der Waals surface area contributed by atoms with Crippen LogP contribution in [0.3, 0.4) is 0 Å². The van der Waals surface area contributed by atoms with Crippen molar-refractivity contribution in [1.29, 1.82) is 0 Å². The van der Waals surface area contributed by atoms with E-state index in [2.05, 4.69) is 32.9 Å². The average molecular weight is 259 g/mol. The van der Waals surface area contributed by atoms with Gasteiger partial charge in [0, 0.05) is 13.6 Å². The molecule has 3 N–H and O–H groups in total. The van der Waals surface area contributed by atoms with Gasteiger partial charge in [-0.15, -0.1) is 0 Å². The molecule has 102 valence electrons. The molecule has 0 bridgehead atoms. The Kier molecular flexibility index (Phi) is 4.39. The summed E-state index contributed by atoms with van der Waals surface area (Å²) in [4.78, 5) is 8.88. The maximum Gasteiger partial charge on any atom is 0.189 e. The molecular weight excluding hydrogens is 238 g/mol. The second-order valence-corrected chi connectivity index (χ2v) is 4.56. The number of hydrogen-bond donors (Lipinski definition) is 2. The van der Waals surface area contributed by atoms with E-state index >= 15 is 0 Å². The van der Waals surface area contributed by atoms with Crippen molar-refractivity contribution in [3.63, 3.8) is 0 Å². The molecule has 5 heteroatoms. The number of guanidine groups is 1. The van der Waals surface area contributed by atoms with Gasteiger partial charge in [0.25, 0.3) is 0 Å². The minimum Gasteiger partial charge on any atom is -0.370 e. The lowest BCUT2D eigenvalue weighted by Crippen LogP contribution is -2.32. The first-order valence-corrected chi connectivity index (χ1v) is 6.66. The van der Waals surface area contributed by atoms with Crippen LogP contribution in [0, 0.1) is 0 Å². The van der Waals surface area contributed by atoms with Crippen molar-refractivity contribution < 1.29 is 0 Å². The van der Waals surface area contributed by atoms with Crippen LogP contribution < -0.4 is 11.1 Å². The summed E-state index contributed by atoms with van der Waals surface area (Å²) >= 11 is 0. The third-order valence-corrected chi connectivity index (χ3v) is 3.11. The van der Waals surface area contributed by atoms with Crippen LogP contribution in [0.2, 0.25) is 0 Å². The topological polar surface area (TPSA) is 68.2 Å². The predicted molar refractivity (Wildman–Crippen MR) is 79.0 cm³/mol. The lowest BCUT2D eigenvalue weighted by molar-refractivity contribution is 0.743. The fraction of sp³-hybridized carbons (Fsp3) is 0.429. The highest BCUT2D eigenvalue weighted by molar-refractivity contribution is 5.78. The SMILES string of the molecule is CCCCNC(N)=NCc1nc2ccccc2n1C. The first-order chi connectivity index (χ1) is 9.22. The molecule has 1 heterocycles. The fourth-order valence-corrected chi connectivity index (χ4v) is 1.94. The van der Waals surface area contributed by atoms with Gasteiger partial charge in [0.2, 0.25) is 0 Å². The summed E-state index contributed by atoms with van der Waals surface area (Å²) in [5, 5.41) is 3.10. The Morgan fingerprint density at radius 1 is 1.42 bits per heavy atom. The molecule has 2 aromatic rings. The summed E-state index contributed by atoms with van der Waals surface area (Å²) in [6.07, 6.45) is 2.24. The first kappa shape index (κ1) is 13.4. The molecule has 0 aliphatic rings. The Morgan fingerprint density at radius 3 is 2.95 bits per heavy atom. The molecule has 0 amide bonds. The first-order valence-electron chi connectivity index (χ1n) is 6.66. The second-order valence-electron chi connectivity index (χ2n) is 4.56. The number of aromatic nitrogens is 2. The smallest absolute Gasteiger partial charge is 0.189 e. The number of nitrogens with zero attached hydrogens (tertiary/aromatic N) is 3. The number of benzene rings is 1. The lowest BCUT2D eigenvalue weighted by atomic mass is 10.3. The van der Waals surface area contributed by atoms with Crippen molar-refractivity contribution in [2.75, 3.05) is 6.54 Å². The van der Waals surface area contributed by atoms with E-state index in [1.54, 1.807) is 0 Å². The van der Waals surface area contributed by atoms with Crippen molar-refractivity contribution in [1.82, 2.24) is 14.9 Å². The number of fused-ring (bicyclic) bond motifs is 1. The number of rotatable bonds is 5. The van der Waals surface area contributed by atoms with E-state index in [0.717, 1.165) is 36.2 Å². The average Bonchev–Trinajstić information content (AvgIpc) is 2.74. The molecule has 0 saturated carbocycles. The van der Waals surface area contributed by atoms with Gasteiger partial charge in [-0.2, -0.15) is 0 Å². The van der Waals surface area contributed by atoms with Crippen LogP contribution in [0.15, 0.2) is 29.3 Å².